The Morgan fingerprint density at radius 2 is 2.10 bits per heavy atom. The maximum atomic E-state index is 12.7. The molecule has 0 spiro atoms. The van der Waals surface area contributed by atoms with Crippen molar-refractivity contribution in [1.82, 2.24) is 9.47 Å². The van der Waals surface area contributed by atoms with Crippen molar-refractivity contribution in [2.75, 3.05) is 7.05 Å². The minimum absolute atomic E-state index is 0.0185. The van der Waals surface area contributed by atoms with Crippen molar-refractivity contribution in [1.29, 1.82) is 0 Å². The molecule has 3 nitrogen and oxygen atoms in total. The normalized spacial score (nSPS) is 12.2. The van der Waals surface area contributed by atoms with Crippen LogP contribution in [0.2, 0.25) is 5.02 Å². The van der Waals surface area contributed by atoms with Crippen molar-refractivity contribution in [3.05, 3.63) is 57.3 Å². The van der Waals surface area contributed by atoms with Gasteiger partial charge >= 0.3 is 0 Å². The number of carbonyl (C=O) groups excluding carboxylic acids is 1. The zero-order chi connectivity index (χ0) is 15.6. The number of hydrogen-bond donors (Lipinski definition) is 0. The van der Waals surface area contributed by atoms with E-state index in [1.807, 2.05) is 54.9 Å². The Labute approximate surface area is 138 Å². The van der Waals surface area contributed by atoms with Gasteiger partial charge in [0.2, 0.25) is 0 Å². The molecule has 0 aliphatic carbocycles. The summed E-state index contributed by atoms with van der Waals surface area (Å²) in [6.45, 7) is 4.75. The van der Waals surface area contributed by atoms with Crippen molar-refractivity contribution >= 4 is 33.4 Å². The van der Waals surface area contributed by atoms with Gasteiger partial charge in [0.25, 0.3) is 5.91 Å². The van der Waals surface area contributed by atoms with Gasteiger partial charge in [0.15, 0.2) is 0 Å². The van der Waals surface area contributed by atoms with Crippen LogP contribution in [0, 0.1) is 0 Å². The second-order valence-electron chi connectivity index (χ2n) is 4.94. The van der Waals surface area contributed by atoms with Gasteiger partial charge in [-0.2, -0.15) is 0 Å². The van der Waals surface area contributed by atoms with Gasteiger partial charge in [-0.3, -0.25) is 4.79 Å². The smallest absolute Gasteiger partial charge is 0.270 e. The summed E-state index contributed by atoms with van der Waals surface area (Å²) in [5.74, 6) is -0.0185. The quantitative estimate of drug-likeness (QED) is 0.763. The van der Waals surface area contributed by atoms with Gasteiger partial charge in [-0.25, -0.2) is 0 Å². The van der Waals surface area contributed by atoms with Crippen molar-refractivity contribution in [2.45, 2.75) is 26.4 Å². The number of aryl methyl sites for hydroxylation is 1. The molecule has 1 heterocycles. The summed E-state index contributed by atoms with van der Waals surface area (Å²) >= 11 is 9.65. The lowest BCUT2D eigenvalue weighted by molar-refractivity contribution is 0.0732. The maximum absolute atomic E-state index is 12.7. The summed E-state index contributed by atoms with van der Waals surface area (Å²) in [6, 6.07) is 9.37. The van der Waals surface area contributed by atoms with Crippen molar-refractivity contribution in [3.63, 3.8) is 0 Å². The highest BCUT2D eigenvalue weighted by Gasteiger charge is 2.23. The molecule has 0 radical (unpaired) electrons. The van der Waals surface area contributed by atoms with E-state index in [9.17, 15) is 4.79 Å². The third kappa shape index (κ3) is 3.33. The molecule has 0 bridgehead atoms. The molecule has 0 saturated heterocycles. The van der Waals surface area contributed by atoms with Crippen LogP contribution in [0.5, 0.6) is 0 Å². The molecule has 0 N–H and O–H groups in total. The zero-order valence-electron chi connectivity index (χ0n) is 12.3. The molecule has 0 aliphatic rings. The van der Waals surface area contributed by atoms with E-state index in [1.54, 1.807) is 11.9 Å². The number of aromatic nitrogens is 1. The third-order valence-electron chi connectivity index (χ3n) is 3.68. The number of amides is 1. The van der Waals surface area contributed by atoms with Gasteiger partial charge in [0, 0.05) is 29.3 Å². The molecule has 1 aromatic heterocycles. The van der Waals surface area contributed by atoms with Crippen molar-refractivity contribution in [3.8, 4) is 0 Å². The number of rotatable bonds is 4. The van der Waals surface area contributed by atoms with Crippen molar-refractivity contribution in [2.24, 2.45) is 0 Å². The van der Waals surface area contributed by atoms with Crippen LogP contribution in [-0.2, 0) is 6.54 Å². The van der Waals surface area contributed by atoms with E-state index in [1.165, 1.54) is 0 Å². The standard InChI is InChI=1S/C16H18BrClN2O/c1-4-20-10-12(17)9-15(20)16(21)19(3)11(2)13-7-5-6-8-14(13)18/h5-11H,4H2,1-3H3. The van der Waals surface area contributed by atoms with Gasteiger partial charge < -0.3 is 9.47 Å². The lowest BCUT2D eigenvalue weighted by atomic mass is 10.1. The molecule has 1 amide bonds. The van der Waals surface area contributed by atoms with E-state index in [2.05, 4.69) is 15.9 Å². The largest absolute Gasteiger partial charge is 0.343 e. The second-order valence-corrected chi connectivity index (χ2v) is 6.27. The Hall–Kier alpha value is -1.26. The van der Waals surface area contributed by atoms with E-state index in [0.29, 0.717) is 10.7 Å². The Morgan fingerprint density at radius 3 is 2.71 bits per heavy atom. The van der Waals surface area contributed by atoms with E-state index in [0.717, 1.165) is 16.6 Å². The van der Waals surface area contributed by atoms with Crippen LogP contribution >= 0.6 is 27.5 Å². The van der Waals surface area contributed by atoms with Gasteiger partial charge in [-0.15, -0.1) is 0 Å². The Balaban J connectivity index is 2.28. The van der Waals surface area contributed by atoms with Gasteiger partial charge in [0.1, 0.15) is 5.69 Å². The highest BCUT2D eigenvalue weighted by Crippen LogP contribution is 2.27. The first-order valence-corrected chi connectivity index (χ1v) is 8.00. The van der Waals surface area contributed by atoms with Crippen LogP contribution in [0.3, 0.4) is 0 Å². The lowest BCUT2D eigenvalue weighted by Gasteiger charge is -2.26. The van der Waals surface area contributed by atoms with E-state index in [4.69, 9.17) is 11.6 Å². The summed E-state index contributed by atoms with van der Waals surface area (Å²) in [7, 11) is 1.80. The molecule has 0 aliphatic heterocycles. The Kier molecular flexibility index (Phi) is 5.12. The first-order valence-electron chi connectivity index (χ1n) is 6.83. The molecular weight excluding hydrogens is 352 g/mol. The molecule has 5 heteroatoms. The number of nitrogens with zero attached hydrogens (tertiary/aromatic N) is 2. The topological polar surface area (TPSA) is 25.2 Å². The Morgan fingerprint density at radius 1 is 1.43 bits per heavy atom. The summed E-state index contributed by atoms with van der Waals surface area (Å²) in [5, 5.41) is 0.678. The fourth-order valence-electron chi connectivity index (χ4n) is 2.29. The second kappa shape index (κ2) is 6.67. The van der Waals surface area contributed by atoms with Gasteiger partial charge in [-0.1, -0.05) is 29.8 Å². The predicted octanol–water partition coefficient (Wildman–Crippen LogP) is 4.76. The molecule has 1 unspecified atom stereocenters. The molecule has 1 aromatic carbocycles. The maximum Gasteiger partial charge on any atom is 0.270 e. The molecule has 21 heavy (non-hydrogen) atoms. The highest BCUT2D eigenvalue weighted by atomic mass is 79.9. The number of carbonyl (C=O) groups is 1. The van der Waals surface area contributed by atoms with E-state index in [-0.39, 0.29) is 11.9 Å². The molecule has 112 valence electrons. The summed E-state index contributed by atoms with van der Waals surface area (Å²) in [4.78, 5) is 14.4. The minimum Gasteiger partial charge on any atom is -0.343 e. The van der Waals surface area contributed by atoms with Crippen LogP contribution in [0.25, 0.3) is 0 Å². The summed E-state index contributed by atoms with van der Waals surface area (Å²) in [5.41, 5.74) is 1.62. The van der Waals surface area contributed by atoms with Gasteiger partial charge in [-0.05, 0) is 47.5 Å². The number of hydrogen-bond acceptors (Lipinski definition) is 1. The monoisotopic (exact) mass is 368 g/mol. The minimum atomic E-state index is -0.0924. The molecule has 0 fully saturated rings. The third-order valence-corrected chi connectivity index (χ3v) is 4.46. The highest BCUT2D eigenvalue weighted by molar-refractivity contribution is 9.10. The molecule has 1 atom stereocenters. The first-order chi connectivity index (χ1) is 9.95. The predicted molar refractivity (Wildman–Crippen MR) is 89.8 cm³/mol. The molecule has 0 saturated carbocycles. The summed E-state index contributed by atoms with van der Waals surface area (Å²) in [6.07, 6.45) is 1.92. The Bertz CT molecular complexity index is 653. The molecule has 2 rings (SSSR count). The van der Waals surface area contributed by atoms with Crippen molar-refractivity contribution < 1.29 is 4.79 Å². The van der Waals surface area contributed by atoms with Crippen LogP contribution in [0.1, 0.15) is 35.9 Å². The lowest BCUT2D eigenvalue weighted by Crippen LogP contribution is -2.31. The summed E-state index contributed by atoms with van der Waals surface area (Å²) < 4.78 is 2.84. The van der Waals surface area contributed by atoms with Crippen LogP contribution < -0.4 is 0 Å². The van der Waals surface area contributed by atoms with Crippen LogP contribution in [0.4, 0.5) is 0 Å². The molecule has 2 aromatic rings. The zero-order valence-corrected chi connectivity index (χ0v) is 14.6. The fourth-order valence-corrected chi connectivity index (χ4v) is 3.05. The fraction of sp³-hybridized carbons (Fsp3) is 0.312. The number of benzene rings is 1. The first kappa shape index (κ1) is 16.1. The van der Waals surface area contributed by atoms with E-state index < -0.39 is 0 Å². The number of halogens is 2. The molecular formula is C16H18BrClN2O. The van der Waals surface area contributed by atoms with Gasteiger partial charge in [0.05, 0.1) is 6.04 Å². The SMILES string of the molecule is CCn1cc(Br)cc1C(=O)N(C)C(C)c1ccccc1Cl. The van der Waals surface area contributed by atoms with E-state index >= 15 is 0 Å². The van der Waals surface area contributed by atoms with Crippen LogP contribution in [-0.4, -0.2) is 22.4 Å². The average Bonchev–Trinajstić information content (AvgIpc) is 2.86. The average molecular weight is 370 g/mol. The van der Waals surface area contributed by atoms with Crippen LogP contribution in [0.15, 0.2) is 41.0 Å².